The maximum atomic E-state index is 12.2. The van der Waals surface area contributed by atoms with E-state index in [-0.39, 0.29) is 0 Å². The first-order valence-electron chi connectivity index (χ1n) is 10.6. The van der Waals surface area contributed by atoms with E-state index < -0.39 is 60.4 Å². The Morgan fingerprint density at radius 1 is 1.00 bits per heavy atom. The molecule has 2 aromatic carbocycles. The molecule has 3 atom stereocenters. The minimum atomic E-state index is -1.33. The number of nitrogens with one attached hydrogen (secondary N) is 1. The monoisotopic (exact) mass is 456 g/mol. The summed E-state index contributed by atoms with van der Waals surface area (Å²) in [6, 6.07) is 15.4. The molecule has 0 aliphatic heterocycles. The van der Waals surface area contributed by atoms with Gasteiger partial charge in [0.2, 0.25) is 11.8 Å². The van der Waals surface area contributed by atoms with Crippen LogP contribution in [0.25, 0.3) is 10.8 Å². The van der Waals surface area contributed by atoms with Gasteiger partial charge in [-0.3, -0.25) is 24.0 Å². The predicted octanol–water partition coefficient (Wildman–Crippen LogP) is 1.82. The van der Waals surface area contributed by atoms with E-state index >= 15 is 0 Å². The highest BCUT2D eigenvalue weighted by molar-refractivity contribution is 5.95. The Kier molecular flexibility index (Phi) is 9.53. The van der Waals surface area contributed by atoms with Crippen LogP contribution in [0.1, 0.15) is 32.6 Å². The number of esters is 1. The van der Waals surface area contributed by atoms with Crippen molar-refractivity contribution in [2.75, 3.05) is 6.61 Å². The Bertz CT molecular complexity index is 955. The van der Waals surface area contributed by atoms with Crippen LogP contribution in [0.15, 0.2) is 48.5 Å². The quantitative estimate of drug-likeness (QED) is 0.512. The topological polar surface area (TPSA) is 153 Å². The Labute approximate surface area is 191 Å². The van der Waals surface area contributed by atoms with Crippen LogP contribution in [0.2, 0.25) is 0 Å². The normalized spacial score (nSPS) is 17.8. The molecule has 9 heteroatoms. The molecule has 0 spiro atoms. The molecule has 2 amide bonds. The van der Waals surface area contributed by atoms with Crippen LogP contribution in [0, 0.1) is 11.8 Å². The lowest BCUT2D eigenvalue weighted by Gasteiger charge is -2.21. The summed E-state index contributed by atoms with van der Waals surface area (Å²) in [5, 5.41) is 13.8. The molecule has 2 aromatic rings. The van der Waals surface area contributed by atoms with Gasteiger partial charge in [-0.15, -0.1) is 0 Å². The Balaban J connectivity index is 0.000000315. The first kappa shape index (κ1) is 25.5. The van der Waals surface area contributed by atoms with Gasteiger partial charge in [-0.1, -0.05) is 55.0 Å². The number of ketones is 1. The second-order valence-corrected chi connectivity index (χ2v) is 7.80. The van der Waals surface area contributed by atoms with Gasteiger partial charge in [0.25, 0.3) is 0 Å². The highest BCUT2D eigenvalue weighted by Crippen LogP contribution is 2.31. The van der Waals surface area contributed by atoms with Crippen molar-refractivity contribution in [3.8, 4) is 0 Å². The van der Waals surface area contributed by atoms with Gasteiger partial charge in [-0.2, -0.15) is 0 Å². The lowest BCUT2D eigenvalue weighted by atomic mass is 9.94. The number of nitrogens with two attached hydrogens (primary N) is 1. The van der Waals surface area contributed by atoms with E-state index in [1.165, 1.54) is 10.8 Å². The van der Waals surface area contributed by atoms with Crippen LogP contribution < -0.4 is 11.1 Å². The number of carbonyl (C=O) groups excluding carboxylic acids is 4. The maximum absolute atomic E-state index is 12.2. The van der Waals surface area contributed by atoms with E-state index in [1.54, 1.807) is 0 Å². The zero-order valence-electron chi connectivity index (χ0n) is 18.4. The number of aliphatic carboxylic acids is 1. The summed E-state index contributed by atoms with van der Waals surface area (Å²) in [6.45, 7) is 0.478. The molecular formula is C24H28N2O7. The highest BCUT2D eigenvalue weighted by Gasteiger charge is 2.38. The number of hydrogen-bond donors (Lipinski definition) is 3. The average molecular weight is 456 g/mol. The van der Waals surface area contributed by atoms with Crippen molar-refractivity contribution >= 4 is 40.3 Å². The fraction of sp³-hybridized carbons (Fsp3) is 0.375. The molecule has 1 aliphatic carbocycles. The number of rotatable bonds is 8. The van der Waals surface area contributed by atoms with E-state index in [0.29, 0.717) is 19.3 Å². The number of carboxylic acids is 1. The van der Waals surface area contributed by atoms with Gasteiger partial charge in [-0.05, 0) is 23.6 Å². The summed E-state index contributed by atoms with van der Waals surface area (Å²) in [5.74, 6) is -5.19. The molecule has 3 unspecified atom stereocenters. The molecule has 1 fully saturated rings. The largest absolute Gasteiger partial charge is 0.481 e. The molecule has 0 bridgehead atoms. The molecule has 176 valence electrons. The third kappa shape index (κ3) is 8.03. The third-order valence-corrected chi connectivity index (χ3v) is 5.38. The minimum Gasteiger partial charge on any atom is -0.481 e. The zero-order chi connectivity index (χ0) is 24.4. The SMILES string of the molecule is CC(=O)OCC(=O)C(CC(=O)O)NC(=O)C1CCCC1C(N)=O.c1ccc2ccccc2c1. The standard InChI is InChI=1S/C14H20N2O7.C10H8/c1-7(17)23-6-11(18)10(5-12(19)20)16-14(22)9-4-2-3-8(9)13(15)21;1-2-6-10-8-4-3-7-9(10)5-1/h8-10H,2-6H2,1H3,(H2,15,21)(H,16,22)(H,19,20);1-8H. The van der Waals surface area contributed by atoms with E-state index in [0.717, 1.165) is 6.92 Å². The molecule has 0 aromatic heterocycles. The van der Waals surface area contributed by atoms with E-state index in [4.69, 9.17) is 10.8 Å². The number of carbonyl (C=O) groups is 5. The Morgan fingerprint density at radius 2 is 1.52 bits per heavy atom. The molecule has 1 aliphatic rings. The number of Topliss-reactive ketones (excluding diaryl/α,β-unsaturated/α-hetero) is 1. The fourth-order valence-electron chi connectivity index (χ4n) is 3.72. The van der Waals surface area contributed by atoms with Crippen LogP contribution >= 0.6 is 0 Å². The lowest BCUT2D eigenvalue weighted by molar-refractivity contribution is -0.147. The first-order chi connectivity index (χ1) is 15.7. The third-order valence-electron chi connectivity index (χ3n) is 5.38. The highest BCUT2D eigenvalue weighted by atomic mass is 16.5. The predicted molar refractivity (Wildman–Crippen MR) is 120 cm³/mol. The molecule has 9 nitrogen and oxygen atoms in total. The van der Waals surface area contributed by atoms with E-state index in [9.17, 15) is 24.0 Å². The van der Waals surface area contributed by atoms with Crippen LogP contribution in [0.5, 0.6) is 0 Å². The van der Waals surface area contributed by atoms with Gasteiger partial charge in [-0.25, -0.2) is 0 Å². The number of fused-ring (bicyclic) bond motifs is 1. The van der Waals surface area contributed by atoms with Crippen LogP contribution in [0.3, 0.4) is 0 Å². The van der Waals surface area contributed by atoms with E-state index in [2.05, 4.69) is 58.6 Å². The van der Waals surface area contributed by atoms with Crippen molar-refractivity contribution < 1.29 is 33.8 Å². The summed E-state index contributed by atoms with van der Waals surface area (Å²) < 4.78 is 4.53. The summed E-state index contributed by atoms with van der Waals surface area (Å²) in [7, 11) is 0. The van der Waals surface area contributed by atoms with Crippen LogP contribution in [-0.4, -0.2) is 47.3 Å². The maximum Gasteiger partial charge on any atom is 0.305 e. The molecule has 33 heavy (non-hydrogen) atoms. The summed E-state index contributed by atoms with van der Waals surface area (Å²) in [6.07, 6.45) is 0.937. The molecule has 0 radical (unpaired) electrons. The summed E-state index contributed by atoms with van der Waals surface area (Å²) in [4.78, 5) is 57.0. The van der Waals surface area contributed by atoms with Gasteiger partial charge in [0.15, 0.2) is 12.4 Å². The molecule has 0 saturated heterocycles. The van der Waals surface area contributed by atoms with Crippen molar-refractivity contribution in [3.05, 3.63) is 48.5 Å². The Hall–Kier alpha value is -3.75. The van der Waals surface area contributed by atoms with Crippen molar-refractivity contribution in [2.24, 2.45) is 17.6 Å². The number of carboxylic acid groups (broad SMARTS) is 1. The van der Waals surface area contributed by atoms with Gasteiger partial charge in [0.1, 0.15) is 6.04 Å². The second kappa shape index (κ2) is 12.3. The average Bonchev–Trinajstić information content (AvgIpc) is 3.28. The number of amides is 2. The number of ether oxygens (including phenoxy) is 1. The minimum absolute atomic E-state index is 0.442. The van der Waals surface area contributed by atoms with Crippen molar-refractivity contribution in [1.82, 2.24) is 5.32 Å². The Morgan fingerprint density at radius 3 is 1.97 bits per heavy atom. The van der Waals surface area contributed by atoms with Gasteiger partial charge in [0.05, 0.1) is 6.42 Å². The van der Waals surface area contributed by atoms with Crippen molar-refractivity contribution in [2.45, 2.75) is 38.6 Å². The molecular weight excluding hydrogens is 428 g/mol. The lowest BCUT2D eigenvalue weighted by Crippen LogP contribution is -2.47. The van der Waals surface area contributed by atoms with Crippen molar-refractivity contribution in [1.29, 1.82) is 0 Å². The molecule has 1 saturated carbocycles. The zero-order valence-corrected chi connectivity index (χ0v) is 18.4. The van der Waals surface area contributed by atoms with Crippen LogP contribution in [0.4, 0.5) is 0 Å². The van der Waals surface area contributed by atoms with Gasteiger partial charge in [0, 0.05) is 18.8 Å². The number of primary amides is 1. The van der Waals surface area contributed by atoms with Gasteiger partial charge >= 0.3 is 11.9 Å². The summed E-state index contributed by atoms with van der Waals surface area (Å²) >= 11 is 0. The molecule has 0 heterocycles. The van der Waals surface area contributed by atoms with Crippen molar-refractivity contribution in [3.63, 3.8) is 0 Å². The van der Waals surface area contributed by atoms with E-state index in [1.807, 2.05) is 0 Å². The van der Waals surface area contributed by atoms with Gasteiger partial charge < -0.3 is 20.9 Å². The smallest absolute Gasteiger partial charge is 0.305 e. The number of benzene rings is 2. The molecule has 4 N–H and O–H groups in total. The summed E-state index contributed by atoms with van der Waals surface area (Å²) in [5.41, 5.74) is 5.24. The first-order valence-corrected chi connectivity index (χ1v) is 10.6. The fourth-order valence-corrected chi connectivity index (χ4v) is 3.72. The second-order valence-electron chi connectivity index (χ2n) is 7.80. The number of hydrogen-bond acceptors (Lipinski definition) is 6. The molecule has 3 rings (SSSR count). The van der Waals surface area contributed by atoms with Crippen LogP contribution in [-0.2, 0) is 28.7 Å².